The molecular formula is C21H24N4O2. The molecule has 0 atom stereocenters. The fraction of sp³-hybridized carbons (Fsp3) is 0.238. The van der Waals surface area contributed by atoms with E-state index in [9.17, 15) is 0 Å². The molecule has 0 spiro atoms. The molecule has 0 radical (unpaired) electrons. The van der Waals surface area contributed by atoms with Crippen molar-refractivity contribution in [3.05, 3.63) is 65.9 Å². The average Bonchev–Trinajstić information content (AvgIpc) is 2.70. The average molecular weight is 364 g/mol. The highest BCUT2D eigenvalue weighted by atomic mass is 16.5. The van der Waals surface area contributed by atoms with Crippen molar-refractivity contribution < 1.29 is 9.47 Å². The van der Waals surface area contributed by atoms with Gasteiger partial charge in [-0.25, -0.2) is 4.98 Å². The predicted molar refractivity (Wildman–Crippen MR) is 108 cm³/mol. The lowest BCUT2D eigenvalue weighted by Gasteiger charge is -2.12. The largest absolute Gasteiger partial charge is 0.497 e. The van der Waals surface area contributed by atoms with Gasteiger partial charge >= 0.3 is 0 Å². The Morgan fingerprint density at radius 3 is 2.52 bits per heavy atom. The van der Waals surface area contributed by atoms with Gasteiger partial charge in [0.2, 0.25) is 5.95 Å². The van der Waals surface area contributed by atoms with Gasteiger partial charge in [-0.05, 0) is 61.4 Å². The topological polar surface area (TPSA) is 68.3 Å². The van der Waals surface area contributed by atoms with Gasteiger partial charge in [-0.3, -0.25) is 0 Å². The first-order valence-corrected chi connectivity index (χ1v) is 8.83. The van der Waals surface area contributed by atoms with Crippen molar-refractivity contribution in [1.82, 2.24) is 9.97 Å². The van der Waals surface area contributed by atoms with E-state index < -0.39 is 0 Å². The molecule has 2 N–H and O–H groups in total. The Kier molecular flexibility index (Phi) is 6.10. The fourth-order valence-electron chi connectivity index (χ4n) is 2.54. The number of hydrogen-bond donors (Lipinski definition) is 2. The number of methoxy groups -OCH3 is 1. The normalized spacial score (nSPS) is 10.3. The lowest BCUT2D eigenvalue weighted by molar-refractivity contribution is 0.331. The van der Waals surface area contributed by atoms with Crippen LogP contribution in [0.25, 0.3) is 0 Å². The molecule has 0 aliphatic heterocycles. The van der Waals surface area contributed by atoms with E-state index in [1.54, 1.807) is 13.3 Å². The van der Waals surface area contributed by atoms with Crippen LogP contribution >= 0.6 is 0 Å². The zero-order valence-electron chi connectivity index (χ0n) is 15.8. The van der Waals surface area contributed by atoms with Crippen molar-refractivity contribution in [2.24, 2.45) is 0 Å². The quantitative estimate of drug-likeness (QED) is 0.580. The Bertz CT molecular complexity index is 882. The second-order valence-electron chi connectivity index (χ2n) is 6.09. The summed E-state index contributed by atoms with van der Waals surface area (Å²) < 4.78 is 10.8. The van der Waals surface area contributed by atoms with Gasteiger partial charge in [0.05, 0.1) is 13.7 Å². The molecule has 3 rings (SSSR count). The van der Waals surface area contributed by atoms with E-state index in [1.165, 1.54) is 11.1 Å². The number of rotatable bonds is 8. The Labute approximate surface area is 159 Å². The van der Waals surface area contributed by atoms with E-state index in [4.69, 9.17) is 9.47 Å². The monoisotopic (exact) mass is 364 g/mol. The molecular weight excluding hydrogens is 340 g/mol. The molecule has 0 aliphatic rings. The minimum absolute atomic E-state index is 0.504. The molecule has 27 heavy (non-hydrogen) atoms. The summed E-state index contributed by atoms with van der Waals surface area (Å²) in [5.41, 5.74) is 3.49. The minimum Gasteiger partial charge on any atom is -0.497 e. The third-order valence-corrected chi connectivity index (χ3v) is 4.24. The standard InChI is InChI=1S/C21H24N4O2/c1-15-5-4-6-19(16(15)2)24-20-11-12-22-21(25-20)23-13-14-27-18-9-7-17(26-3)8-10-18/h4-12H,13-14H2,1-3H3,(H2,22,23,24,25). The maximum Gasteiger partial charge on any atom is 0.224 e. The third-order valence-electron chi connectivity index (χ3n) is 4.24. The first-order valence-electron chi connectivity index (χ1n) is 8.83. The molecule has 0 unspecified atom stereocenters. The number of benzene rings is 2. The Morgan fingerprint density at radius 2 is 1.74 bits per heavy atom. The van der Waals surface area contributed by atoms with Gasteiger partial charge in [-0.1, -0.05) is 12.1 Å². The number of aryl methyl sites for hydroxylation is 1. The number of ether oxygens (including phenoxy) is 2. The van der Waals surface area contributed by atoms with Crippen LogP contribution in [0.5, 0.6) is 11.5 Å². The van der Waals surface area contributed by atoms with Gasteiger partial charge in [0.1, 0.15) is 23.9 Å². The van der Waals surface area contributed by atoms with Crippen LogP contribution in [0, 0.1) is 13.8 Å². The molecule has 140 valence electrons. The minimum atomic E-state index is 0.504. The number of anilines is 3. The smallest absolute Gasteiger partial charge is 0.224 e. The van der Waals surface area contributed by atoms with Crippen molar-refractivity contribution in [2.75, 3.05) is 30.9 Å². The Hall–Kier alpha value is -3.28. The molecule has 1 aromatic heterocycles. The van der Waals surface area contributed by atoms with Gasteiger partial charge in [0.15, 0.2) is 0 Å². The van der Waals surface area contributed by atoms with Gasteiger partial charge in [-0.2, -0.15) is 4.98 Å². The Balaban J connectivity index is 1.52. The van der Waals surface area contributed by atoms with Crippen LogP contribution in [0.15, 0.2) is 54.7 Å². The predicted octanol–water partition coefficient (Wildman–Crippen LogP) is 4.34. The zero-order valence-corrected chi connectivity index (χ0v) is 15.8. The molecule has 3 aromatic rings. The van der Waals surface area contributed by atoms with Gasteiger partial charge in [0.25, 0.3) is 0 Å². The van der Waals surface area contributed by atoms with Gasteiger partial charge < -0.3 is 20.1 Å². The SMILES string of the molecule is COc1ccc(OCCNc2nccc(Nc3cccc(C)c3C)n2)cc1. The van der Waals surface area contributed by atoms with Crippen molar-refractivity contribution in [1.29, 1.82) is 0 Å². The molecule has 0 aliphatic carbocycles. The van der Waals surface area contributed by atoms with E-state index in [1.807, 2.05) is 42.5 Å². The van der Waals surface area contributed by atoms with E-state index in [0.29, 0.717) is 19.1 Å². The lowest BCUT2D eigenvalue weighted by Crippen LogP contribution is -2.13. The summed E-state index contributed by atoms with van der Waals surface area (Å²) in [6.07, 6.45) is 1.73. The van der Waals surface area contributed by atoms with Gasteiger partial charge in [-0.15, -0.1) is 0 Å². The van der Waals surface area contributed by atoms with Gasteiger partial charge in [0, 0.05) is 11.9 Å². The molecule has 0 saturated heterocycles. The maximum absolute atomic E-state index is 5.69. The van der Waals surface area contributed by atoms with Crippen molar-refractivity contribution in [3.8, 4) is 11.5 Å². The number of hydrogen-bond acceptors (Lipinski definition) is 6. The van der Waals surface area contributed by atoms with E-state index in [0.717, 1.165) is 23.0 Å². The zero-order chi connectivity index (χ0) is 19.1. The summed E-state index contributed by atoms with van der Waals surface area (Å²) in [5.74, 6) is 2.91. The first kappa shape index (κ1) is 18.5. The summed E-state index contributed by atoms with van der Waals surface area (Å²) in [4.78, 5) is 8.75. The van der Waals surface area contributed by atoms with Crippen molar-refractivity contribution >= 4 is 17.5 Å². The number of aromatic nitrogens is 2. The molecule has 0 saturated carbocycles. The van der Waals surface area contributed by atoms with Crippen molar-refractivity contribution in [3.63, 3.8) is 0 Å². The highest BCUT2D eigenvalue weighted by Gasteiger charge is 2.04. The van der Waals surface area contributed by atoms with Crippen LogP contribution in [0.3, 0.4) is 0 Å². The summed E-state index contributed by atoms with van der Waals surface area (Å²) in [6, 6.07) is 15.5. The Morgan fingerprint density at radius 1 is 0.963 bits per heavy atom. The second kappa shape index (κ2) is 8.89. The molecule has 6 nitrogen and oxygen atoms in total. The van der Waals surface area contributed by atoms with E-state index in [2.05, 4.69) is 40.5 Å². The van der Waals surface area contributed by atoms with Crippen molar-refractivity contribution in [2.45, 2.75) is 13.8 Å². The lowest BCUT2D eigenvalue weighted by atomic mass is 10.1. The molecule has 0 fully saturated rings. The van der Waals surface area contributed by atoms with Crippen LogP contribution in [-0.4, -0.2) is 30.2 Å². The van der Waals surface area contributed by atoms with Crippen LogP contribution in [0.2, 0.25) is 0 Å². The van der Waals surface area contributed by atoms with E-state index >= 15 is 0 Å². The molecule has 0 amide bonds. The summed E-state index contributed by atoms with van der Waals surface area (Å²) in [7, 11) is 1.64. The van der Waals surface area contributed by atoms with E-state index in [-0.39, 0.29) is 0 Å². The third kappa shape index (κ3) is 5.10. The maximum atomic E-state index is 5.69. The summed E-state index contributed by atoms with van der Waals surface area (Å²) >= 11 is 0. The summed E-state index contributed by atoms with van der Waals surface area (Å²) in [6.45, 7) is 5.29. The molecule has 1 heterocycles. The number of nitrogens with one attached hydrogen (secondary N) is 2. The highest BCUT2D eigenvalue weighted by Crippen LogP contribution is 2.22. The molecule has 6 heteroatoms. The number of nitrogens with zero attached hydrogens (tertiary/aromatic N) is 2. The van der Waals surface area contributed by atoms with Crippen LogP contribution in [0.4, 0.5) is 17.5 Å². The highest BCUT2D eigenvalue weighted by molar-refractivity contribution is 5.62. The summed E-state index contributed by atoms with van der Waals surface area (Å²) in [5, 5.41) is 6.52. The van der Waals surface area contributed by atoms with Crippen LogP contribution in [-0.2, 0) is 0 Å². The molecule has 2 aromatic carbocycles. The molecule has 0 bridgehead atoms. The fourth-order valence-corrected chi connectivity index (χ4v) is 2.54. The van der Waals surface area contributed by atoms with Crippen LogP contribution < -0.4 is 20.1 Å². The van der Waals surface area contributed by atoms with Crippen LogP contribution in [0.1, 0.15) is 11.1 Å². The second-order valence-corrected chi connectivity index (χ2v) is 6.09. The first-order chi connectivity index (χ1) is 13.2.